The molecule has 118 valence electrons. The Hall–Kier alpha value is -2.82. The van der Waals surface area contributed by atoms with Crippen molar-refractivity contribution in [2.24, 2.45) is 0 Å². The van der Waals surface area contributed by atoms with Crippen molar-refractivity contribution in [1.82, 2.24) is 0 Å². The van der Waals surface area contributed by atoms with Crippen LogP contribution in [0.5, 0.6) is 5.75 Å². The third kappa shape index (κ3) is 2.54. The highest BCUT2D eigenvalue weighted by Gasteiger charge is 2.39. The van der Waals surface area contributed by atoms with Crippen LogP contribution in [-0.4, -0.2) is 32.1 Å². The van der Waals surface area contributed by atoms with Crippen LogP contribution in [0.1, 0.15) is 15.9 Å². The first-order valence-electron chi connectivity index (χ1n) is 7.29. The quantitative estimate of drug-likeness (QED) is 0.817. The van der Waals surface area contributed by atoms with Gasteiger partial charge in [-0.3, -0.25) is 9.69 Å². The number of hydrogen-bond acceptors (Lipinski definition) is 4. The lowest BCUT2D eigenvalue weighted by Gasteiger charge is -2.35. The van der Waals surface area contributed by atoms with Crippen molar-refractivity contribution in [2.45, 2.75) is 12.5 Å². The van der Waals surface area contributed by atoms with Gasteiger partial charge < -0.3 is 9.47 Å². The molecule has 1 atom stereocenters. The number of benzene rings is 2. The van der Waals surface area contributed by atoms with Gasteiger partial charge in [0.25, 0.3) is 5.91 Å². The minimum absolute atomic E-state index is 0.230. The Balaban J connectivity index is 2.15. The van der Waals surface area contributed by atoms with E-state index in [9.17, 15) is 9.59 Å². The largest absolute Gasteiger partial charge is 0.495 e. The average molecular weight is 311 g/mol. The number of carbonyl (C=O) groups excluding carboxylic acids is 2. The van der Waals surface area contributed by atoms with Gasteiger partial charge in [-0.05, 0) is 23.8 Å². The van der Waals surface area contributed by atoms with E-state index in [1.54, 1.807) is 24.3 Å². The summed E-state index contributed by atoms with van der Waals surface area (Å²) in [4.78, 5) is 26.7. The van der Waals surface area contributed by atoms with Crippen molar-refractivity contribution in [2.75, 3.05) is 19.1 Å². The lowest BCUT2D eigenvalue weighted by atomic mass is 9.92. The predicted octanol–water partition coefficient (Wildman–Crippen LogP) is 2.44. The molecule has 1 aliphatic heterocycles. The molecule has 5 heteroatoms. The molecule has 0 radical (unpaired) electrons. The van der Waals surface area contributed by atoms with E-state index in [2.05, 4.69) is 0 Å². The van der Waals surface area contributed by atoms with E-state index in [1.807, 2.05) is 24.3 Å². The minimum Gasteiger partial charge on any atom is -0.495 e. The molecule has 0 saturated heterocycles. The van der Waals surface area contributed by atoms with Crippen LogP contribution in [0.4, 0.5) is 5.69 Å². The summed E-state index contributed by atoms with van der Waals surface area (Å²) in [6, 6.07) is 13.7. The maximum Gasteiger partial charge on any atom is 0.329 e. The predicted molar refractivity (Wildman–Crippen MR) is 85.8 cm³/mol. The summed E-state index contributed by atoms with van der Waals surface area (Å²) in [7, 11) is 2.86. The molecular weight excluding hydrogens is 294 g/mol. The lowest BCUT2D eigenvalue weighted by molar-refractivity contribution is -0.142. The molecule has 2 aromatic rings. The highest BCUT2D eigenvalue weighted by atomic mass is 16.5. The Morgan fingerprint density at radius 3 is 2.52 bits per heavy atom. The monoisotopic (exact) mass is 311 g/mol. The maximum atomic E-state index is 13.0. The fraction of sp³-hybridized carbons (Fsp3) is 0.222. The van der Waals surface area contributed by atoms with E-state index in [-0.39, 0.29) is 5.91 Å². The van der Waals surface area contributed by atoms with E-state index < -0.39 is 12.0 Å². The highest BCUT2D eigenvalue weighted by molar-refractivity contribution is 6.12. The summed E-state index contributed by atoms with van der Waals surface area (Å²) in [6.07, 6.45) is 0.409. The number of fused-ring (bicyclic) bond motifs is 1. The van der Waals surface area contributed by atoms with Crippen LogP contribution in [0.25, 0.3) is 0 Å². The van der Waals surface area contributed by atoms with Crippen LogP contribution >= 0.6 is 0 Å². The second kappa shape index (κ2) is 6.12. The number of nitrogens with zero attached hydrogens (tertiary/aromatic N) is 1. The van der Waals surface area contributed by atoms with Crippen LogP contribution < -0.4 is 9.64 Å². The first-order valence-corrected chi connectivity index (χ1v) is 7.29. The number of esters is 1. The van der Waals surface area contributed by atoms with Gasteiger partial charge in [0.2, 0.25) is 0 Å². The smallest absolute Gasteiger partial charge is 0.329 e. The van der Waals surface area contributed by atoms with Crippen molar-refractivity contribution in [3.8, 4) is 5.75 Å². The summed E-state index contributed by atoms with van der Waals surface area (Å²) >= 11 is 0. The minimum atomic E-state index is -0.710. The molecule has 0 fully saturated rings. The van der Waals surface area contributed by atoms with E-state index in [0.717, 1.165) is 5.56 Å². The van der Waals surface area contributed by atoms with Crippen molar-refractivity contribution in [3.05, 3.63) is 59.7 Å². The molecule has 0 aliphatic carbocycles. The molecule has 0 bridgehead atoms. The Morgan fingerprint density at radius 2 is 1.78 bits per heavy atom. The molecule has 1 unspecified atom stereocenters. The second-order valence-corrected chi connectivity index (χ2v) is 5.25. The molecule has 0 saturated carbocycles. The van der Waals surface area contributed by atoms with Crippen LogP contribution in [0.2, 0.25) is 0 Å². The molecule has 5 nitrogen and oxygen atoms in total. The molecule has 2 aromatic carbocycles. The van der Waals surface area contributed by atoms with Crippen LogP contribution in [0.3, 0.4) is 0 Å². The molecule has 1 heterocycles. The van der Waals surface area contributed by atoms with Gasteiger partial charge in [-0.2, -0.15) is 0 Å². The number of anilines is 1. The Bertz CT molecular complexity index is 756. The van der Waals surface area contributed by atoms with Gasteiger partial charge >= 0.3 is 5.97 Å². The zero-order valence-electron chi connectivity index (χ0n) is 13.0. The van der Waals surface area contributed by atoms with Gasteiger partial charge in [0.05, 0.1) is 19.9 Å². The summed E-state index contributed by atoms with van der Waals surface area (Å²) in [5.74, 6) is -0.139. The summed E-state index contributed by atoms with van der Waals surface area (Å²) in [5, 5.41) is 0. The third-order valence-corrected chi connectivity index (χ3v) is 4.01. The molecular formula is C18H17NO4. The first kappa shape index (κ1) is 15.1. The second-order valence-electron chi connectivity index (χ2n) is 5.25. The van der Waals surface area contributed by atoms with E-state index in [1.165, 1.54) is 19.1 Å². The van der Waals surface area contributed by atoms with Gasteiger partial charge in [-0.1, -0.05) is 30.3 Å². The first-order chi connectivity index (χ1) is 11.2. The Morgan fingerprint density at radius 1 is 1.09 bits per heavy atom. The van der Waals surface area contributed by atoms with Crippen LogP contribution in [0.15, 0.2) is 48.5 Å². The molecule has 1 aliphatic rings. The fourth-order valence-electron chi connectivity index (χ4n) is 2.91. The number of methoxy groups -OCH3 is 2. The van der Waals surface area contributed by atoms with Gasteiger partial charge in [-0.25, -0.2) is 4.79 Å². The van der Waals surface area contributed by atoms with Crippen molar-refractivity contribution < 1.29 is 19.1 Å². The van der Waals surface area contributed by atoms with Gasteiger partial charge in [0.15, 0.2) is 0 Å². The molecule has 0 spiro atoms. The third-order valence-electron chi connectivity index (χ3n) is 4.01. The topological polar surface area (TPSA) is 55.8 Å². The zero-order chi connectivity index (χ0) is 16.4. The van der Waals surface area contributed by atoms with E-state index >= 15 is 0 Å². The van der Waals surface area contributed by atoms with E-state index in [4.69, 9.17) is 9.47 Å². The molecule has 0 N–H and O–H groups in total. The van der Waals surface area contributed by atoms with Crippen molar-refractivity contribution in [1.29, 1.82) is 0 Å². The van der Waals surface area contributed by atoms with E-state index in [0.29, 0.717) is 23.4 Å². The molecule has 1 amide bonds. The fourth-order valence-corrected chi connectivity index (χ4v) is 2.91. The average Bonchev–Trinajstić information content (AvgIpc) is 2.61. The van der Waals surface area contributed by atoms with Gasteiger partial charge in [-0.15, -0.1) is 0 Å². The number of para-hydroxylation sites is 2. The molecule has 3 rings (SSSR count). The standard InChI is InChI=1S/C18H17NO4/c1-22-16-10-6-5-9-14(16)19-15(18(21)23-2)11-12-7-3-4-8-13(12)17(19)20/h3-10,15H,11H2,1-2H3. The van der Waals surface area contributed by atoms with Crippen LogP contribution in [-0.2, 0) is 16.0 Å². The Labute approximate surface area is 134 Å². The maximum absolute atomic E-state index is 13.0. The van der Waals surface area contributed by atoms with Gasteiger partial charge in [0.1, 0.15) is 11.8 Å². The number of ether oxygens (including phenoxy) is 2. The number of carbonyl (C=O) groups is 2. The normalized spacial score (nSPS) is 16.7. The molecule has 0 aromatic heterocycles. The summed E-state index contributed by atoms with van der Waals surface area (Å²) in [5.41, 5.74) is 2.00. The number of hydrogen-bond donors (Lipinski definition) is 0. The number of rotatable bonds is 3. The zero-order valence-corrected chi connectivity index (χ0v) is 13.0. The lowest BCUT2D eigenvalue weighted by Crippen LogP contribution is -2.50. The molecule has 23 heavy (non-hydrogen) atoms. The van der Waals surface area contributed by atoms with Crippen LogP contribution in [0, 0.1) is 0 Å². The van der Waals surface area contributed by atoms with Crippen molar-refractivity contribution in [3.63, 3.8) is 0 Å². The van der Waals surface area contributed by atoms with Gasteiger partial charge in [0, 0.05) is 12.0 Å². The Kier molecular flexibility index (Phi) is 4.02. The summed E-state index contributed by atoms with van der Waals surface area (Å²) in [6.45, 7) is 0. The SMILES string of the molecule is COC(=O)C1Cc2ccccc2C(=O)N1c1ccccc1OC. The summed E-state index contributed by atoms with van der Waals surface area (Å²) < 4.78 is 10.3. The highest BCUT2D eigenvalue weighted by Crippen LogP contribution is 2.35. The van der Waals surface area contributed by atoms with Crippen molar-refractivity contribution >= 4 is 17.6 Å². The number of amides is 1.